The average molecular weight is 240 g/mol. The number of hydrogen-bond donors (Lipinski definition) is 0. The summed E-state index contributed by atoms with van der Waals surface area (Å²) in [6.45, 7) is 0. The summed E-state index contributed by atoms with van der Waals surface area (Å²) < 4.78 is 6.92. The molecule has 0 bridgehead atoms. The number of benzene rings is 1. The molecule has 1 aliphatic heterocycles. The second kappa shape index (κ2) is 4.49. The van der Waals surface area contributed by atoms with Gasteiger partial charge in [0.05, 0.1) is 12.7 Å². The van der Waals surface area contributed by atoms with Crippen molar-refractivity contribution >= 4 is 12.1 Å². The number of hydrazone groups is 1. The molecule has 1 aromatic heterocycles. The minimum Gasteiger partial charge on any atom is -0.857 e. The second-order valence-electron chi connectivity index (χ2n) is 4.15. The van der Waals surface area contributed by atoms with Crippen molar-refractivity contribution in [3.05, 3.63) is 60.1 Å². The Bertz CT molecular complexity index is 586. The SMILES string of the molecule is [O-]C1=N/[N+](=C\c2ccco2)C(c2ccccc2)C1. The summed E-state index contributed by atoms with van der Waals surface area (Å²) in [5.74, 6) is 0.584. The normalized spacial score (nSPS) is 21.2. The molecule has 18 heavy (non-hydrogen) atoms. The Kier molecular flexibility index (Phi) is 2.68. The van der Waals surface area contributed by atoms with E-state index >= 15 is 0 Å². The van der Waals surface area contributed by atoms with Crippen molar-refractivity contribution in [2.45, 2.75) is 12.5 Å². The topological polar surface area (TPSA) is 51.6 Å². The predicted molar refractivity (Wildman–Crippen MR) is 65.4 cm³/mol. The van der Waals surface area contributed by atoms with Crippen LogP contribution in [0.2, 0.25) is 0 Å². The van der Waals surface area contributed by atoms with Gasteiger partial charge in [0.2, 0.25) is 12.3 Å². The molecule has 4 nitrogen and oxygen atoms in total. The molecule has 4 heteroatoms. The molecule has 0 fully saturated rings. The smallest absolute Gasteiger partial charge is 0.239 e. The van der Waals surface area contributed by atoms with E-state index < -0.39 is 0 Å². The van der Waals surface area contributed by atoms with Crippen LogP contribution in [0.4, 0.5) is 0 Å². The van der Waals surface area contributed by atoms with Crippen LogP contribution in [0, 0.1) is 0 Å². The summed E-state index contributed by atoms with van der Waals surface area (Å²) in [4.78, 5) is 0. The average Bonchev–Trinajstić information content (AvgIpc) is 3.01. The molecular weight excluding hydrogens is 228 g/mol. The molecule has 2 heterocycles. The second-order valence-corrected chi connectivity index (χ2v) is 4.15. The lowest BCUT2D eigenvalue weighted by molar-refractivity contribution is -0.564. The Hall–Kier alpha value is -2.36. The first-order chi connectivity index (χ1) is 8.83. The van der Waals surface area contributed by atoms with Crippen LogP contribution >= 0.6 is 0 Å². The highest BCUT2D eigenvalue weighted by Crippen LogP contribution is 2.25. The van der Waals surface area contributed by atoms with Crippen LogP contribution in [0.3, 0.4) is 0 Å². The van der Waals surface area contributed by atoms with E-state index in [-0.39, 0.29) is 11.9 Å². The van der Waals surface area contributed by atoms with Crippen LogP contribution in [0.25, 0.3) is 0 Å². The molecule has 90 valence electrons. The summed E-state index contributed by atoms with van der Waals surface area (Å²) >= 11 is 0. The van der Waals surface area contributed by atoms with Crippen LogP contribution in [0.15, 0.2) is 58.2 Å². The number of hydrogen-bond acceptors (Lipinski definition) is 3. The van der Waals surface area contributed by atoms with Gasteiger partial charge in [-0.3, -0.25) is 0 Å². The molecule has 0 saturated heterocycles. The Balaban J connectivity index is 1.96. The maximum Gasteiger partial charge on any atom is 0.239 e. The van der Waals surface area contributed by atoms with E-state index in [4.69, 9.17) is 4.42 Å². The Morgan fingerprint density at radius 3 is 2.78 bits per heavy atom. The van der Waals surface area contributed by atoms with Crippen LogP contribution in [-0.2, 0) is 0 Å². The fraction of sp³-hybridized carbons (Fsp3) is 0.143. The van der Waals surface area contributed by atoms with E-state index in [9.17, 15) is 5.11 Å². The van der Waals surface area contributed by atoms with E-state index in [1.807, 2.05) is 36.4 Å². The fourth-order valence-electron chi connectivity index (χ4n) is 2.06. The molecule has 2 aromatic rings. The minimum absolute atomic E-state index is 0.0381. The van der Waals surface area contributed by atoms with Gasteiger partial charge in [0.25, 0.3) is 0 Å². The van der Waals surface area contributed by atoms with Crippen molar-refractivity contribution in [2.24, 2.45) is 5.10 Å². The van der Waals surface area contributed by atoms with Crippen molar-refractivity contribution in [3.8, 4) is 0 Å². The highest BCUT2D eigenvalue weighted by Gasteiger charge is 2.29. The van der Waals surface area contributed by atoms with E-state index in [0.29, 0.717) is 12.2 Å². The molecule has 3 rings (SSSR count). The number of furan rings is 1. The minimum atomic E-state index is -0.105. The van der Waals surface area contributed by atoms with Gasteiger partial charge in [0.15, 0.2) is 5.76 Å². The molecule has 1 atom stereocenters. The van der Waals surface area contributed by atoms with E-state index in [1.54, 1.807) is 23.2 Å². The highest BCUT2D eigenvalue weighted by molar-refractivity contribution is 5.76. The van der Waals surface area contributed by atoms with Crippen molar-refractivity contribution in [1.82, 2.24) is 0 Å². The maximum atomic E-state index is 11.5. The largest absolute Gasteiger partial charge is 0.857 e. The molecule has 1 unspecified atom stereocenters. The first kappa shape index (κ1) is 10.8. The lowest BCUT2D eigenvalue weighted by atomic mass is 10.1. The van der Waals surface area contributed by atoms with Gasteiger partial charge in [-0.05, 0) is 17.2 Å². The highest BCUT2D eigenvalue weighted by atomic mass is 16.3. The number of nitrogens with zero attached hydrogens (tertiary/aromatic N) is 2. The third-order valence-electron chi connectivity index (χ3n) is 2.90. The van der Waals surface area contributed by atoms with E-state index in [0.717, 1.165) is 5.56 Å². The Morgan fingerprint density at radius 1 is 1.22 bits per heavy atom. The van der Waals surface area contributed by atoms with Gasteiger partial charge in [-0.2, -0.15) is 0 Å². The molecular formula is C14H12N2O2. The summed E-state index contributed by atoms with van der Waals surface area (Å²) in [5.41, 5.74) is 1.08. The van der Waals surface area contributed by atoms with E-state index in [1.165, 1.54) is 0 Å². The third kappa shape index (κ3) is 2.05. The fourth-order valence-corrected chi connectivity index (χ4v) is 2.06. The molecule has 0 aliphatic carbocycles. The number of rotatable bonds is 2. The Labute approximate surface area is 105 Å². The van der Waals surface area contributed by atoms with Crippen LogP contribution < -0.4 is 5.11 Å². The van der Waals surface area contributed by atoms with Crippen molar-refractivity contribution in [2.75, 3.05) is 0 Å². The van der Waals surface area contributed by atoms with Gasteiger partial charge >= 0.3 is 0 Å². The van der Waals surface area contributed by atoms with Gasteiger partial charge in [0, 0.05) is 11.5 Å². The van der Waals surface area contributed by atoms with Gasteiger partial charge in [-0.15, -0.1) is 0 Å². The third-order valence-corrected chi connectivity index (χ3v) is 2.90. The monoisotopic (exact) mass is 240 g/mol. The predicted octanol–water partition coefficient (Wildman–Crippen LogP) is 1.53. The molecule has 0 spiro atoms. The maximum absolute atomic E-state index is 11.5. The van der Waals surface area contributed by atoms with Crippen molar-refractivity contribution in [1.29, 1.82) is 0 Å². The zero-order chi connectivity index (χ0) is 12.4. The van der Waals surface area contributed by atoms with Crippen LogP contribution in [-0.4, -0.2) is 16.8 Å². The standard InChI is InChI=1S/C14H12N2O2/c17-14-9-13(11-5-2-1-3-6-11)16(15-14)10-12-7-4-8-18-12/h1-8,10,13H,9H2/b16-10-. The Morgan fingerprint density at radius 2 is 2.06 bits per heavy atom. The first-order valence-corrected chi connectivity index (χ1v) is 5.79. The quantitative estimate of drug-likeness (QED) is 0.747. The van der Waals surface area contributed by atoms with Gasteiger partial charge < -0.3 is 9.52 Å². The molecule has 0 N–H and O–H groups in total. The summed E-state index contributed by atoms with van der Waals surface area (Å²) in [5, 5.41) is 15.5. The molecule has 1 aliphatic rings. The van der Waals surface area contributed by atoms with Gasteiger partial charge in [0.1, 0.15) is 0 Å². The zero-order valence-electron chi connectivity index (χ0n) is 9.69. The van der Waals surface area contributed by atoms with E-state index in [2.05, 4.69) is 5.10 Å². The van der Waals surface area contributed by atoms with Crippen molar-refractivity contribution in [3.63, 3.8) is 0 Å². The molecule has 0 radical (unpaired) electrons. The zero-order valence-corrected chi connectivity index (χ0v) is 9.69. The molecule has 0 amide bonds. The van der Waals surface area contributed by atoms with Gasteiger partial charge in [-0.25, -0.2) is 0 Å². The van der Waals surface area contributed by atoms with Crippen molar-refractivity contribution < 1.29 is 14.2 Å². The summed E-state index contributed by atoms with van der Waals surface area (Å²) in [6.07, 6.45) is 3.75. The van der Waals surface area contributed by atoms with Crippen LogP contribution in [0.5, 0.6) is 0 Å². The summed E-state index contributed by atoms with van der Waals surface area (Å²) in [6, 6.07) is 13.5. The first-order valence-electron chi connectivity index (χ1n) is 5.79. The lowest BCUT2D eigenvalue weighted by Gasteiger charge is -2.05. The van der Waals surface area contributed by atoms with Gasteiger partial charge in [-0.1, -0.05) is 35.0 Å². The van der Waals surface area contributed by atoms with Crippen LogP contribution in [0.1, 0.15) is 23.8 Å². The summed E-state index contributed by atoms with van der Waals surface area (Å²) in [7, 11) is 0. The molecule has 1 aromatic carbocycles. The molecule has 0 saturated carbocycles. The lowest BCUT2D eigenvalue weighted by Crippen LogP contribution is -2.15.